The largest absolute Gasteiger partial charge is 0.351 e. The number of hydrogen-bond donors (Lipinski definition) is 1. The van der Waals surface area contributed by atoms with Crippen LogP contribution in [0.5, 0.6) is 0 Å². The van der Waals surface area contributed by atoms with Crippen LogP contribution in [0, 0.1) is 0 Å². The summed E-state index contributed by atoms with van der Waals surface area (Å²) in [6.07, 6.45) is 0. The van der Waals surface area contributed by atoms with Gasteiger partial charge in [-0.2, -0.15) is 0 Å². The summed E-state index contributed by atoms with van der Waals surface area (Å²) in [6.45, 7) is 20.8. The average molecular weight is 492 g/mol. The van der Waals surface area contributed by atoms with Crippen molar-refractivity contribution in [3.05, 3.63) is 91.0 Å². The van der Waals surface area contributed by atoms with Crippen LogP contribution in [-0.2, 0) is 0 Å². The second kappa shape index (κ2) is 8.69. The predicted molar refractivity (Wildman–Crippen MR) is 155 cm³/mol. The highest BCUT2D eigenvalue weighted by Crippen LogP contribution is 2.57. The van der Waals surface area contributed by atoms with Crippen molar-refractivity contribution in [2.45, 2.75) is 56.3 Å². The monoisotopic (exact) mass is 491 g/mol. The van der Waals surface area contributed by atoms with Gasteiger partial charge in [-0.1, -0.05) is 159 Å². The van der Waals surface area contributed by atoms with Crippen LogP contribution in [0.3, 0.4) is 0 Å². The lowest BCUT2D eigenvalue weighted by Gasteiger charge is -2.67. The fourth-order valence-electron chi connectivity index (χ4n) is 7.97. The van der Waals surface area contributed by atoms with E-state index in [0.717, 1.165) is 0 Å². The molecule has 2 N–H and O–H groups in total. The minimum Gasteiger partial charge on any atom is -0.351 e. The molecule has 3 aromatic carbocycles. The van der Waals surface area contributed by atoms with Crippen LogP contribution in [-0.4, -0.2) is 32.5 Å². The summed E-state index contributed by atoms with van der Waals surface area (Å²) in [5.41, 5.74) is 0. The van der Waals surface area contributed by atoms with Crippen molar-refractivity contribution < 1.29 is 0 Å². The van der Waals surface area contributed by atoms with Crippen LogP contribution >= 0.6 is 0 Å². The van der Waals surface area contributed by atoms with E-state index < -0.39 is 32.5 Å². The van der Waals surface area contributed by atoms with Gasteiger partial charge in [0.2, 0.25) is 0 Å². The lowest BCUT2D eigenvalue weighted by Crippen LogP contribution is -2.87. The summed E-state index contributed by atoms with van der Waals surface area (Å²) in [7, 11) is -8.42. The van der Waals surface area contributed by atoms with Gasteiger partial charge in [-0.25, -0.2) is 0 Å². The molecule has 3 rings (SSSR count). The minimum absolute atomic E-state index is 0.171. The highest BCUT2D eigenvalue weighted by molar-refractivity contribution is 7.36. The molecule has 3 aromatic rings. The van der Waals surface area contributed by atoms with Crippen molar-refractivity contribution in [1.82, 2.24) is 0 Å². The third kappa shape index (κ3) is 3.68. The Bertz CT molecular complexity index is 898. The number of hydrogen-bond acceptors (Lipinski definition) is 1. The minimum atomic E-state index is -2.21. The Kier molecular flexibility index (Phi) is 6.82. The zero-order valence-electron chi connectivity index (χ0n) is 21.2. The van der Waals surface area contributed by atoms with Gasteiger partial charge in [0.15, 0.2) is 0 Å². The molecule has 32 heavy (non-hydrogen) atoms. The quantitative estimate of drug-likeness (QED) is 0.443. The molecular formula is C27H41NSi4. The van der Waals surface area contributed by atoms with E-state index in [4.69, 9.17) is 5.40 Å². The lowest BCUT2D eigenvalue weighted by molar-refractivity contribution is 1.18. The van der Waals surface area contributed by atoms with Crippen molar-refractivity contribution >= 4 is 48.0 Å². The molecule has 0 spiro atoms. The van der Waals surface area contributed by atoms with Gasteiger partial charge in [-0.3, -0.25) is 0 Å². The second-order valence-electron chi connectivity index (χ2n) is 11.4. The molecule has 0 amide bonds. The first kappa shape index (κ1) is 25.1. The maximum Gasteiger partial charge on any atom is 0.116 e. The molecule has 0 radical (unpaired) electrons. The van der Waals surface area contributed by atoms with Crippen molar-refractivity contribution in [2.24, 2.45) is 5.40 Å². The van der Waals surface area contributed by atoms with Crippen LogP contribution in [0.1, 0.15) is 0 Å². The predicted octanol–water partition coefficient (Wildman–Crippen LogP) is 5.36. The molecule has 0 unspecified atom stereocenters. The van der Waals surface area contributed by atoms with E-state index in [-0.39, 0.29) is 3.91 Å². The number of rotatable bonds is 7. The molecule has 0 bridgehead atoms. The van der Waals surface area contributed by atoms with Crippen molar-refractivity contribution in [2.75, 3.05) is 0 Å². The van der Waals surface area contributed by atoms with Gasteiger partial charge < -0.3 is 5.40 Å². The highest BCUT2D eigenvalue weighted by Gasteiger charge is 2.71. The van der Waals surface area contributed by atoms with Crippen LogP contribution in [0.2, 0.25) is 56.3 Å². The van der Waals surface area contributed by atoms with E-state index in [1.54, 1.807) is 15.6 Å². The Morgan fingerprint density at radius 3 is 0.844 bits per heavy atom. The van der Waals surface area contributed by atoms with Crippen molar-refractivity contribution in [1.29, 1.82) is 0 Å². The van der Waals surface area contributed by atoms with Crippen LogP contribution in [0.15, 0.2) is 91.0 Å². The third-order valence-corrected chi connectivity index (χ3v) is 43.8. The first-order valence-electron chi connectivity index (χ1n) is 11.8. The van der Waals surface area contributed by atoms with E-state index in [2.05, 4.69) is 143 Å². The molecule has 0 atom stereocenters. The Labute approximate surface area is 200 Å². The first-order chi connectivity index (χ1) is 14.8. The number of benzene rings is 3. The van der Waals surface area contributed by atoms with E-state index in [1.807, 2.05) is 0 Å². The van der Waals surface area contributed by atoms with E-state index in [9.17, 15) is 0 Å². The molecule has 170 valence electrons. The molecule has 0 saturated carbocycles. The van der Waals surface area contributed by atoms with Gasteiger partial charge >= 0.3 is 0 Å². The molecular weight excluding hydrogens is 451 g/mol. The summed E-state index contributed by atoms with van der Waals surface area (Å²) in [5, 5.41) is 12.3. The van der Waals surface area contributed by atoms with Crippen LogP contribution in [0.4, 0.5) is 0 Å². The van der Waals surface area contributed by atoms with Gasteiger partial charge in [0.05, 0.1) is 24.2 Å². The Hall–Kier alpha value is -1.51. The van der Waals surface area contributed by atoms with Crippen LogP contribution in [0.25, 0.3) is 0 Å². The molecule has 0 aliphatic heterocycles. The maximum absolute atomic E-state index is 7.63. The maximum atomic E-state index is 7.63. The number of nitrogens with two attached hydrogens (primary N) is 1. The SMILES string of the molecule is C[Si](C)(N)C([Si](C)(C)c1ccccc1)([Si](C)(C)c1ccccc1)[Si](C)(C)c1ccccc1. The molecule has 0 aliphatic carbocycles. The molecule has 0 fully saturated rings. The average Bonchev–Trinajstić information content (AvgIpc) is 2.74. The van der Waals surface area contributed by atoms with Crippen molar-refractivity contribution in [3.63, 3.8) is 0 Å². The summed E-state index contributed by atoms with van der Waals surface area (Å²) in [6, 6.07) is 34.2. The fourth-order valence-corrected chi connectivity index (χ4v) is 54.3. The van der Waals surface area contributed by atoms with Gasteiger partial charge in [0.1, 0.15) is 8.24 Å². The Balaban J connectivity index is 2.52. The smallest absolute Gasteiger partial charge is 0.116 e. The zero-order valence-corrected chi connectivity index (χ0v) is 25.2. The van der Waals surface area contributed by atoms with Gasteiger partial charge in [-0.15, -0.1) is 0 Å². The van der Waals surface area contributed by atoms with Gasteiger partial charge in [-0.05, 0) is 3.91 Å². The normalized spacial score (nSPS) is 13.8. The zero-order chi connectivity index (χ0) is 23.8. The summed E-state index contributed by atoms with van der Waals surface area (Å²) < 4.78 is 0.171. The summed E-state index contributed by atoms with van der Waals surface area (Å²) >= 11 is 0. The fraction of sp³-hybridized carbons (Fsp3) is 0.333. The summed E-state index contributed by atoms with van der Waals surface area (Å²) in [4.78, 5) is 0. The topological polar surface area (TPSA) is 26.0 Å². The molecule has 1 nitrogen and oxygen atoms in total. The third-order valence-electron chi connectivity index (χ3n) is 8.27. The van der Waals surface area contributed by atoms with Gasteiger partial charge in [0, 0.05) is 0 Å². The Morgan fingerprint density at radius 1 is 0.438 bits per heavy atom. The van der Waals surface area contributed by atoms with Crippen LogP contribution < -0.4 is 21.0 Å². The Morgan fingerprint density at radius 2 is 0.656 bits per heavy atom. The second-order valence-corrected chi connectivity index (χ2v) is 32.4. The van der Waals surface area contributed by atoms with E-state index >= 15 is 0 Å². The molecule has 5 heteroatoms. The van der Waals surface area contributed by atoms with E-state index in [0.29, 0.717) is 0 Å². The molecule has 0 saturated heterocycles. The first-order valence-corrected chi connectivity index (χ1v) is 23.8. The van der Waals surface area contributed by atoms with E-state index in [1.165, 1.54) is 0 Å². The molecule has 0 aliphatic rings. The summed E-state index contributed by atoms with van der Waals surface area (Å²) in [5.74, 6) is 0. The lowest BCUT2D eigenvalue weighted by atomic mass is 10.4. The standard InChI is InChI=1S/C27H41NSi4/c1-29(2,24-18-12-9-13-19-24)27(32(7,8)28,30(3,4)25-20-14-10-15-21-25)31(5,6)26-22-16-11-17-23-26/h9-23H,28H2,1-8H3. The van der Waals surface area contributed by atoms with Gasteiger partial charge in [0.25, 0.3) is 0 Å². The molecule has 0 aromatic heterocycles. The molecule has 0 heterocycles. The highest BCUT2D eigenvalue weighted by atomic mass is 28.5. The van der Waals surface area contributed by atoms with Crippen molar-refractivity contribution in [3.8, 4) is 0 Å².